The van der Waals surface area contributed by atoms with Crippen LogP contribution in [0.25, 0.3) is 0 Å². The summed E-state index contributed by atoms with van der Waals surface area (Å²) in [5.41, 5.74) is 0.976. The third-order valence-electron chi connectivity index (χ3n) is 2.60. The number of anilines is 1. The van der Waals surface area contributed by atoms with Gasteiger partial charge in [-0.2, -0.15) is 0 Å². The highest BCUT2D eigenvalue weighted by Gasteiger charge is 2.12. The number of aromatic nitrogens is 3. The molecule has 0 aromatic carbocycles. The van der Waals surface area contributed by atoms with Crippen molar-refractivity contribution < 1.29 is 0 Å². The number of H-pyrrole nitrogens is 1. The molecule has 0 aliphatic carbocycles. The lowest BCUT2D eigenvalue weighted by atomic mass is 10.2. The number of nitrogens with one attached hydrogen (secondary N) is 2. The third kappa shape index (κ3) is 2.85. The summed E-state index contributed by atoms with van der Waals surface area (Å²) in [7, 11) is 0. The van der Waals surface area contributed by atoms with E-state index in [1.165, 1.54) is 0 Å². The second kappa shape index (κ2) is 5.31. The Balaban J connectivity index is 2.16. The van der Waals surface area contributed by atoms with Gasteiger partial charge in [0.1, 0.15) is 11.6 Å². The Kier molecular flexibility index (Phi) is 3.78. The average molecular weight is 295 g/mol. The van der Waals surface area contributed by atoms with Crippen molar-refractivity contribution in [2.24, 2.45) is 0 Å². The Morgan fingerprint density at radius 2 is 2.29 bits per heavy atom. The topological polar surface area (TPSA) is 53.6 Å². The quantitative estimate of drug-likeness (QED) is 0.908. The maximum Gasteiger partial charge on any atom is 0.128 e. The SMILES string of the molecule is CCC(Nc1ccc(Br)c(C)n1)c1ncc[nH]1. The van der Waals surface area contributed by atoms with E-state index in [-0.39, 0.29) is 6.04 Å². The Morgan fingerprint density at radius 3 is 2.88 bits per heavy atom. The zero-order valence-electron chi connectivity index (χ0n) is 9.87. The van der Waals surface area contributed by atoms with Crippen molar-refractivity contribution in [3.8, 4) is 0 Å². The second-order valence-corrected chi connectivity index (χ2v) is 4.70. The van der Waals surface area contributed by atoms with E-state index in [4.69, 9.17) is 0 Å². The molecule has 2 aromatic rings. The van der Waals surface area contributed by atoms with Crippen molar-refractivity contribution in [1.29, 1.82) is 0 Å². The van der Waals surface area contributed by atoms with Gasteiger partial charge in [0.15, 0.2) is 0 Å². The molecule has 0 aliphatic heterocycles. The summed E-state index contributed by atoms with van der Waals surface area (Å²) in [4.78, 5) is 11.9. The number of hydrogen-bond donors (Lipinski definition) is 2. The molecule has 0 fully saturated rings. The van der Waals surface area contributed by atoms with Crippen LogP contribution in [0, 0.1) is 6.92 Å². The number of rotatable bonds is 4. The highest BCUT2D eigenvalue weighted by molar-refractivity contribution is 9.10. The lowest BCUT2D eigenvalue weighted by Crippen LogP contribution is -2.12. The number of pyridine rings is 1. The average Bonchev–Trinajstić information content (AvgIpc) is 2.84. The maximum atomic E-state index is 4.47. The minimum Gasteiger partial charge on any atom is -0.360 e. The van der Waals surface area contributed by atoms with E-state index in [0.29, 0.717) is 0 Å². The molecule has 90 valence electrons. The van der Waals surface area contributed by atoms with Crippen LogP contribution < -0.4 is 5.32 Å². The van der Waals surface area contributed by atoms with Crippen LogP contribution in [0.1, 0.15) is 30.9 Å². The molecule has 0 amide bonds. The van der Waals surface area contributed by atoms with Crippen LogP contribution >= 0.6 is 15.9 Å². The standard InChI is InChI=1S/C12H15BrN4/c1-3-10(12-14-6-7-15-12)17-11-5-4-9(13)8(2)16-11/h4-7,10H,3H2,1-2H3,(H,14,15)(H,16,17). The van der Waals surface area contributed by atoms with E-state index in [1.54, 1.807) is 6.20 Å². The largest absolute Gasteiger partial charge is 0.360 e. The fraction of sp³-hybridized carbons (Fsp3) is 0.333. The highest BCUT2D eigenvalue weighted by atomic mass is 79.9. The lowest BCUT2D eigenvalue weighted by molar-refractivity contribution is 0.700. The molecule has 0 saturated carbocycles. The molecule has 0 aliphatic rings. The van der Waals surface area contributed by atoms with Crippen LogP contribution in [-0.2, 0) is 0 Å². The van der Waals surface area contributed by atoms with Gasteiger partial charge >= 0.3 is 0 Å². The smallest absolute Gasteiger partial charge is 0.128 e. The van der Waals surface area contributed by atoms with E-state index >= 15 is 0 Å². The first kappa shape index (κ1) is 12.1. The number of aryl methyl sites for hydroxylation is 1. The van der Waals surface area contributed by atoms with Crippen molar-refractivity contribution >= 4 is 21.7 Å². The number of nitrogens with zero attached hydrogens (tertiary/aromatic N) is 2. The van der Waals surface area contributed by atoms with Gasteiger partial charge in [0.05, 0.1) is 11.7 Å². The Morgan fingerprint density at radius 1 is 1.47 bits per heavy atom. The van der Waals surface area contributed by atoms with Gasteiger partial charge in [0.25, 0.3) is 0 Å². The van der Waals surface area contributed by atoms with Gasteiger partial charge in [-0.1, -0.05) is 6.92 Å². The molecule has 2 heterocycles. The van der Waals surface area contributed by atoms with E-state index < -0.39 is 0 Å². The van der Waals surface area contributed by atoms with Crippen molar-refractivity contribution in [2.45, 2.75) is 26.3 Å². The number of imidazole rings is 1. The van der Waals surface area contributed by atoms with Crippen molar-refractivity contribution in [3.05, 3.63) is 40.5 Å². The van der Waals surface area contributed by atoms with Gasteiger partial charge in [-0.15, -0.1) is 0 Å². The van der Waals surface area contributed by atoms with Crippen LogP contribution in [0.5, 0.6) is 0 Å². The molecular weight excluding hydrogens is 280 g/mol. The zero-order chi connectivity index (χ0) is 12.3. The van der Waals surface area contributed by atoms with Gasteiger partial charge in [0, 0.05) is 16.9 Å². The Labute approximate surface area is 109 Å². The van der Waals surface area contributed by atoms with Gasteiger partial charge in [-0.3, -0.25) is 0 Å². The number of halogens is 1. The van der Waals surface area contributed by atoms with Crippen LogP contribution in [0.15, 0.2) is 29.0 Å². The van der Waals surface area contributed by atoms with Gasteiger partial charge < -0.3 is 10.3 Å². The molecule has 0 saturated heterocycles. The number of aromatic amines is 1. The van der Waals surface area contributed by atoms with Gasteiger partial charge in [-0.25, -0.2) is 9.97 Å². The number of hydrogen-bond acceptors (Lipinski definition) is 3. The van der Waals surface area contributed by atoms with E-state index in [2.05, 4.69) is 43.1 Å². The second-order valence-electron chi connectivity index (χ2n) is 3.84. The van der Waals surface area contributed by atoms with Crippen molar-refractivity contribution in [2.75, 3.05) is 5.32 Å². The first-order valence-electron chi connectivity index (χ1n) is 5.59. The molecule has 2 N–H and O–H groups in total. The van der Waals surface area contributed by atoms with E-state index in [0.717, 1.165) is 28.2 Å². The predicted octanol–water partition coefficient (Wildman–Crippen LogP) is 3.44. The molecule has 4 nitrogen and oxygen atoms in total. The van der Waals surface area contributed by atoms with Gasteiger partial charge in [0.2, 0.25) is 0 Å². The molecule has 2 rings (SSSR count). The molecule has 17 heavy (non-hydrogen) atoms. The minimum absolute atomic E-state index is 0.165. The monoisotopic (exact) mass is 294 g/mol. The van der Waals surface area contributed by atoms with Gasteiger partial charge in [-0.05, 0) is 41.4 Å². The fourth-order valence-corrected chi connectivity index (χ4v) is 1.86. The molecule has 1 unspecified atom stereocenters. The summed E-state index contributed by atoms with van der Waals surface area (Å²) in [6.45, 7) is 4.09. The van der Waals surface area contributed by atoms with Crippen LogP contribution in [0.4, 0.5) is 5.82 Å². The molecule has 0 radical (unpaired) electrons. The fourth-order valence-electron chi connectivity index (χ4n) is 1.63. The first-order chi connectivity index (χ1) is 8.20. The summed E-state index contributed by atoms with van der Waals surface area (Å²) >= 11 is 3.44. The molecule has 1 atom stereocenters. The highest BCUT2D eigenvalue weighted by Crippen LogP contribution is 2.21. The minimum atomic E-state index is 0.165. The third-order valence-corrected chi connectivity index (χ3v) is 3.44. The zero-order valence-corrected chi connectivity index (χ0v) is 11.5. The van der Waals surface area contributed by atoms with E-state index in [9.17, 15) is 0 Å². The Hall–Kier alpha value is -1.36. The van der Waals surface area contributed by atoms with Crippen LogP contribution in [0.3, 0.4) is 0 Å². The summed E-state index contributed by atoms with van der Waals surface area (Å²) in [5, 5.41) is 3.37. The predicted molar refractivity (Wildman–Crippen MR) is 71.9 cm³/mol. The summed E-state index contributed by atoms with van der Waals surface area (Å²) in [6.07, 6.45) is 4.55. The molecular formula is C12H15BrN4. The lowest BCUT2D eigenvalue weighted by Gasteiger charge is -2.15. The molecule has 0 spiro atoms. The van der Waals surface area contributed by atoms with Crippen molar-refractivity contribution in [3.63, 3.8) is 0 Å². The summed E-state index contributed by atoms with van der Waals surface area (Å²) in [6, 6.07) is 4.13. The maximum absolute atomic E-state index is 4.47. The Bertz CT molecular complexity index is 481. The van der Waals surface area contributed by atoms with Crippen LogP contribution in [0.2, 0.25) is 0 Å². The molecule has 2 aromatic heterocycles. The molecule has 5 heteroatoms. The first-order valence-corrected chi connectivity index (χ1v) is 6.39. The summed E-state index contributed by atoms with van der Waals surface area (Å²) < 4.78 is 1.02. The van der Waals surface area contributed by atoms with Crippen LogP contribution in [-0.4, -0.2) is 15.0 Å². The van der Waals surface area contributed by atoms with E-state index in [1.807, 2.05) is 25.3 Å². The summed E-state index contributed by atoms with van der Waals surface area (Å²) in [5.74, 6) is 1.81. The molecule has 0 bridgehead atoms. The normalized spacial score (nSPS) is 12.4. The van der Waals surface area contributed by atoms with Crippen molar-refractivity contribution in [1.82, 2.24) is 15.0 Å².